The molecular weight excluding hydrogens is 314 g/mol. The van der Waals surface area contributed by atoms with E-state index in [2.05, 4.69) is 11.4 Å². The molecule has 2 atom stereocenters. The number of carbonyl (C=O) groups excluding carboxylic acids is 3. The molecule has 4 heteroatoms. The molecule has 0 aliphatic heterocycles. The lowest BCUT2D eigenvalue weighted by atomic mass is 9.85. The van der Waals surface area contributed by atoms with Crippen LogP contribution < -0.4 is 5.32 Å². The Labute approximate surface area is 150 Å². The first-order valence-electron chi connectivity index (χ1n) is 9.01. The normalized spacial score (nSPS) is 20.9. The van der Waals surface area contributed by atoms with Crippen LogP contribution in [-0.2, 0) is 20.8 Å². The standard InChI is InChI=1S/C21H29NO3/c1-7-14-9-12(2)8-13(3)18(14)19-16(23)10-15(20(19)25)11-17(24)22-21(4,5)6/h8-9,15,19H,7,10-11H2,1-6H3,(H,22,24). The third-order valence-electron chi connectivity index (χ3n) is 4.69. The van der Waals surface area contributed by atoms with Gasteiger partial charge in [-0.25, -0.2) is 0 Å². The van der Waals surface area contributed by atoms with Crippen LogP contribution in [0.4, 0.5) is 0 Å². The zero-order valence-electron chi connectivity index (χ0n) is 16.2. The number of ketones is 2. The molecule has 4 nitrogen and oxygen atoms in total. The topological polar surface area (TPSA) is 63.2 Å². The van der Waals surface area contributed by atoms with Crippen molar-refractivity contribution in [2.45, 2.75) is 72.3 Å². The first-order valence-corrected chi connectivity index (χ1v) is 9.01. The molecule has 1 saturated carbocycles. The Morgan fingerprint density at radius 3 is 2.40 bits per heavy atom. The maximum Gasteiger partial charge on any atom is 0.221 e. The Kier molecular flexibility index (Phi) is 5.50. The summed E-state index contributed by atoms with van der Waals surface area (Å²) in [7, 11) is 0. The monoisotopic (exact) mass is 343 g/mol. The van der Waals surface area contributed by atoms with Crippen molar-refractivity contribution in [1.82, 2.24) is 5.32 Å². The fourth-order valence-corrected chi connectivity index (χ4v) is 3.80. The van der Waals surface area contributed by atoms with Gasteiger partial charge in [0.15, 0.2) is 5.78 Å². The summed E-state index contributed by atoms with van der Waals surface area (Å²) in [5.41, 5.74) is 3.71. The number of carbonyl (C=O) groups is 3. The molecule has 2 rings (SSSR count). The zero-order chi connectivity index (χ0) is 18.9. The zero-order valence-corrected chi connectivity index (χ0v) is 16.2. The van der Waals surface area contributed by atoms with Crippen molar-refractivity contribution in [3.05, 3.63) is 34.4 Å². The summed E-state index contributed by atoms with van der Waals surface area (Å²) < 4.78 is 0. The molecule has 25 heavy (non-hydrogen) atoms. The number of benzene rings is 1. The molecule has 0 saturated heterocycles. The van der Waals surface area contributed by atoms with Crippen LogP contribution in [0, 0.1) is 19.8 Å². The molecule has 0 heterocycles. The molecule has 2 unspecified atom stereocenters. The Balaban J connectivity index is 2.27. The fourth-order valence-electron chi connectivity index (χ4n) is 3.80. The molecule has 1 aromatic carbocycles. The summed E-state index contributed by atoms with van der Waals surface area (Å²) in [4.78, 5) is 37.7. The summed E-state index contributed by atoms with van der Waals surface area (Å²) >= 11 is 0. The number of hydrogen-bond acceptors (Lipinski definition) is 3. The summed E-state index contributed by atoms with van der Waals surface area (Å²) in [5.74, 6) is -1.54. The molecule has 1 aliphatic rings. The molecule has 1 aliphatic carbocycles. The highest BCUT2D eigenvalue weighted by Gasteiger charge is 2.44. The van der Waals surface area contributed by atoms with E-state index in [9.17, 15) is 14.4 Å². The Hall–Kier alpha value is -1.97. The van der Waals surface area contributed by atoms with Gasteiger partial charge in [-0.05, 0) is 57.7 Å². The molecule has 1 N–H and O–H groups in total. The van der Waals surface area contributed by atoms with Crippen molar-refractivity contribution in [2.75, 3.05) is 0 Å². The predicted octanol–water partition coefficient (Wildman–Crippen LogP) is 3.41. The van der Waals surface area contributed by atoms with E-state index in [1.807, 2.05) is 47.6 Å². The van der Waals surface area contributed by atoms with E-state index in [1.165, 1.54) is 0 Å². The Bertz CT molecular complexity index is 713. The highest BCUT2D eigenvalue weighted by atomic mass is 16.2. The molecule has 1 aromatic rings. The minimum atomic E-state index is -0.706. The second-order valence-corrected chi connectivity index (χ2v) is 8.21. The number of rotatable bonds is 4. The second kappa shape index (κ2) is 7.11. The minimum Gasteiger partial charge on any atom is -0.351 e. The van der Waals surface area contributed by atoms with E-state index in [-0.39, 0.29) is 35.9 Å². The SMILES string of the molecule is CCc1cc(C)cc(C)c1C1C(=O)CC(CC(=O)NC(C)(C)C)C1=O. The molecule has 1 fully saturated rings. The quantitative estimate of drug-likeness (QED) is 0.852. The Morgan fingerprint density at radius 1 is 1.20 bits per heavy atom. The summed E-state index contributed by atoms with van der Waals surface area (Å²) in [6.07, 6.45) is 1.03. The van der Waals surface area contributed by atoms with Gasteiger partial charge < -0.3 is 5.32 Å². The minimum absolute atomic E-state index is 0.0554. The molecule has 0 aromatic heterocycles. The van der Waals surface area contributed by atoms with Gasteiger partial charge in [0.25, 0.3) is 0 Å². The summed E-state index contributed by atoms with van der Waals surface area (Å²) in [6, 6.07) is 4.08. The Morgan fingerprint density at radius 2 is 1.84 bits per heavy atom. The van der Waals surface area contributed by atoms with Gasteiger partial charge in [0, 0.05) is 24.3 Å². The maximum absolute atomic E-state index is 12.9. The van der Waals surface area contributed by atoms with Crippen molar-refractivity contribution >= 4 is 17.5 Å². The first-order chi connectivity index (χ1) is 11.5. The smallest absolute Gasteiger partial charge is 0.221 e. The number of aryl methyl sites for hydroxylation is 3. The average molecular weight is 343 g/mol. The maximum atomic E-state index is 12.9. The van der Waals surface area contributed by atoms with Crippen molar-refractivity contribution in [2.24, 2.45) is 5.92 Å². The van der Waals surface area contributed by atoms with E-state index in [0.717, 1.165) is 28.7 Å². The second-order valence-electron chi connectivity index (χ2n) is 8.21. The largest absolute Gasteiger partial charge is 0.351 e. The summed E-state index contributed by atoms with van der Waals surface area (Å²) in [6.45, 7) is 11.7. The molecule has 1 amide bonds. The van der Waals surface area contributed by atoms with Crippen LogP contribution in [0.15, 0.2) is 12.1 Å². The van der Waals surface area contributed by atoms with Crippen molar-refractivity contribution in [3.8, 4) is 0 Å². The number of hydrogen-bond donors (Lipinski definition) is 1. The van der Waals surface area contributed by atoms with Crippen molar-refractivity contribution in [1.29, 1.82) is 0 Å². The van der Waals surface area contributed by atoms with Gasteiger partial charge in [0.2, 0.25) is 5.91 Å². The fraction of sp³-hybridized carbons (Fsp3) is 0.571. The van der Waals surface area contributed by atoms with Gasteiger partial charge in [0.1, 0.15) is 11.7 Å². The van der Waals surface area contributed by atoms with Gasteiger partial charge in [-0.2, -0.15) is 0 Å². The third-order valence-corrected chi connectivity index (χ3v) is 4.69. The van der Waals surface area contributed by atoms with Crippen LogP contribution in [-0.4, -0.2) is 23.0 Å². The predicted molar refractivity (Wildman–Crippen MR) is 98.7 cm³/mol. The van der Waals surface area contributed by atoms with Gasteiger partial charge in [-0.3, -0.25) is 14.4 Å². The number of amides is 1. The van der Waals surface area contributed by atoms with Crippen LogP contribution in [0.5, 0.6) is 0 Å². The van der Waals surface area contributed by atoms with Crippen LogP contribution in [0.1, 0.15) is 68.7 Å². The lowest BCUT2D eigenvalue weighted by Gasteiger charge is -2.21. The van der Waals surface area contributed by atoms with Crippen molar-refractivity contribution in [3.63, 3.8) is 0 Å². The van der Waals surface area contributed by atoms with E-state index in [1.54, 1.807) is 0 Å². The van der Waals surface area contributed by atoms with Crippen LogP contribution in [0.2, 0.25) is 0 Å². The van der Waals surface area contributed by atoms with Gasteiger partial charge in [0.05, 0.1) is 0 Å². The van der Waals surface area contributed by atoms with Crippen molar-refractivity contribution < 1.29 is 14.4 Å². The van der Waals surface area contributed by atoms with E-state index in [4.69, 9.17) is 0 Å². The summed E-state index contributed by atoms with van der Waals surface area (Å²) in [5, 5.41) is 2.87. The number of nitrogens with one attached hydrogen (secondary N) is 1. The van der Waals surface area contributed by atoms with E-state index in [0.29, 0.717) is 0 Å². The number of Topliss-reactive ketones (excluding diaryl/α,β-unsaturated/α-hetero) is 2. The lowest BCUT2D eigenvalue weighted by molar-refractivity contribution is -0.129. The molecular formula is C21H29NO3. The van der Waals surface area contributed by atoms with Gasteiger partial charge in [-0.1, -0.05) is 24.6 Å². The first kappa shape index (κ1) is 19.4. The highest BCUT2D eigenvalue weighted by Crippen LogP contribution is 2.37. The lowest BCUT2D eigenvalue weighted by Crippen LogP contribution is -2.41. The molecule has 0 radical (unpaired) electrons. The van der Waals surface area contributed by atoms with Gasteiger partial charge >= 0.3 is 0 Å². The average Bonchev–Trinajstić information content (AvgIpc) is 2.71. The molecule has 0 spiro atoms. The van der Waals surface area contributed by atoms with Crippen LogP contribution >= 0.6 is 0 Å². The molecule has 136 valence electrons. The highest BCUT2D eigenvalue weighted by molar-refractivity contribution is 6.15. The third kappa shape index (κ3) is 4.36. The molecule has 0 bridgehead atoms. The van der Waals surface area contributed by atoms with E-state index >= 15 is 0 Å². The van der Waals surface area contributed by atoms with Gasteiger partial charge in [-0.15, -0.1) is 0 Å². The van der Waals surface area contributed by atoms with Crippen LogP contribution in [0.25, 0.3) is 0 Å². The van der Waals surface area contributed by atoms with E-state index < -0.39 is 11.8 Å². The van der Waals surface area contributed by atoms with Crippen LogP contribution in [0.3, 0.4) is 0 Å².